The second-order valence-electron chi connectivity index (χ2n) is 4.67. The Morgan fingerprint density at radius 1 is 0.900 bits per heavy atom. The molecule has 0 heterocycles. The molecule has 0 aliphatic carbocycles. The monoisotopic (exact) mass is 279 g/mol. The van der Waals surface area contributed by atoms with Crippen molar-refractivity contribution in [3.8, 4) is 0 Å². The summed E-state index contributed by atoms with van der Waals surface area (Å²) in [5.74, 6) is -3.77. The van der Waals surface area contributed by atoms with Crippen LogP contribution in [0.5, 0.6) is 0 Å². The first-order chi connectivity index (χ1) is 9.60. The van der Waals surface area contributed by atoms with Crippen LogP contribution in [-0.2, 0) is 13.0 Å². The zero-order valence-corrected chi connectivity index (χ0v) is 11.2. The van der Waals surface area contributed by atoms with Gasteiger partial charge in [-0.2, -0.15) is 0 Å². The number of rotatable bonds is 5. The molecule has 2 aromatic rings. The van der Waals surface area contributed by atoms with Gasteiger partial charge in [-0.15, -0.1) is 0 Å². The van der Waals surface area contributed by atoms with Crippen molar-refractivity contribution in [1.82, 2.24) is 0 Å². The number of halogens is 3. The van der Waals surface area contributed by atoms with Crippen LogP contribution in [0.1, 0.15) is 24.5 Å². The molecule has 0 aliphatic heterocycles. The molecule has 2 aromatic carbocycles. The number of hydrogen-bond acceptors (Lipinski definition) is 1. The third-order valence-corrected chi connectivity index (χ3v) is 3.03. The van der Waals surface area contributed by atoms with Crippen LogP contribution in [0.4, 0.5) is 18.9 Å². The molecular formula is C16H16F3N. The van der Waals surface area contributed by atoms with E-state index in [-0.39, 0.29) is 6.54 Å². The second kappa shape index (κ2) is 6.46. The molecule has 0 saturated heterocycles. The SMILES string of the molecule is CCCc1ccc(NCc2cc(F)c(F)c(F)c2)cc1. The van der Waals surface area contributed by atoms with Crippen LogP contribution in [0.25, 0.3) is 0 Å². The predicted molar refractivity (Wildman–Crippen MR) is 74.1 cm³/mol. The highest BCUT2D eigenvalue weighted by Crippen LogP contribution is 2.16. The third kappa shape index (κ3) is 3.53. The molecule has 0 aliphatic rings. The van der Waals surface area contributed by atoms with Crippen molar-refractivity contribution in [2.45, 2.75) is 26.3 Å². The first-order valence-corrected chi connectivity index (χ1v) is 6.56. The second-order valence-corrected chi connectivity index (χ2v) is 4.67. The summed E-state index contributed by atoms with van der Waals surface area (Å²) in [4.78, 5) is 0. The first kappa shape index (κ1) is 14.4. The van der Waals surface area contributed by atoms with Gasteiger partial charge >= 0.3 is 0 Å². The lowest BCUT2D eigenvalue weighted by atomic mass is 10.1. The Morgan fingerprint density at radius 2 is 1.50 bits per heavy atom. The number of benzene rings is 2. The molecule has 0 fully saturated rings. The molecule has 106 valence electrons. The summed E-state index contributed by atoms with van der Waals surface area (Å²) in [6.07, 6.45) is 2.11. The van der Waals surface area contributed by atoms with Crippen LogP contribution >= 0.6 is 0 Å². The minimum absolute atomic E-state index is 0.237. The summed E-state index contributed by atoms with van der Waals surface area (Å²) in [6.45, 7) is 2.35. The zero-order chi connectivity index (χ0) is 14.5. The molecule has 20 heavy (non-hydrogen) atoms. The lowest BCUT2D eigenvalue weighted by Crippen LogP contribution is -2.02. The largest absolute Gasteiger partial charge is 0.381 e. The van der Waals surface area contributed by atoms with Gasteiger partial charge in [-0.1, -0.05) is 25.5 Å². The number of aryl methyl sites for hydroxylation is 1. The Kier molecular flexibility index (Phi) is 4.66. The first-order valence-electron chi connectivity index (χ1n) is 6.56. The molecule has 0 aromatic heterocycles. The van der Waals surface area contributed by atoms with E-state index < -0.39 is 17.5 Å². The normalized spacial score (nSPS) is 10.6. The maximum Gasteiger partial charge on any atom is 0.194 e. The molecule has 0 amide bonds. The third-order valence-electron chi connectivity index (χ3n) is 3.03. The van der Waals surface area contributed by atoms with E-state index in [0.717, 1.165) is 30.7 Å². The van der Waals surface area contributed by atoms with E-state index >= 15 is 0 Å². The summed E-state index contributed by atoms with van der Waals surface area (Å²) in [7, 11) is 0. The lowest BCUT2D eigenvalue weighted by molar-refractivity contribution is 0.445. The van der Waals surface area contributed by atoms with E-state index in [4.69, 9.17) is 0 Å². The number of nitrogens with one attached hydrogen (secondary N) is 1. The van der Waals surface area contributed by atoms with Gasteiger partial charge in [0.05, 0.1) is 0 Å². The molecule has 1 N–H and O–H groups in total. The van der Waals surface area contributed by atoms with Gasteiger partial charge in [0.2, 0.25) is 0 Å². The van der Waals surface area contributed by atoms with E-state index in [1.165, 1.54) is 5.56 Å². The van der Waals surface area contributed by atoms with Gasteiger partial charge in [0.25, 0.3) is 0 Å². The van der Waals surface area contributed by atoms with Gasteiger partial charge in [0.1, 0.15) is 0 Å². The molecule has 4 heteroatoms. The van der Waals surface area contributed by atoms with E-state index in [2.05, 4.69) is 12.2 Å². The summed E-state index contributed by atoms with van der Waals surface area (Å²) >= 11 is 0. The summed E-state index contributed by atoms with van der Waals surface area (Å²) in [5.41, 5.74) is 2.46. The highest BCUT2D eigenvalue weighted by Gasteiger charge is 2.10. The standard InChI is InChI=1S/C16H16F3N/c1-2-3-11-4-6-13(7-5-11)20-10-12-8-14(17)16(19)15(18)9-12/h4-9,20H,2-3,10H2,1H3. The predicted octanol–water partition coefficient (Wildman–Crippen LogP) is 4.67. The topological polar surface area (TPSA) is 12.0 Å². The van der Waals surface area contributed by atoms with Crippen LogP contribution in [0.3, 0.4) is 0 Å². The molecule has 0 bridgehead atoms. The summed E-state index contributed by atoms with van der Waals surface area (Å²) in [6, 6.07) is 9.85. The smallest absolute Gasteiger partial charge is 0.194 e. The van der Waals surface area contributed by atoms with Crippen LogP contribution < -0.4 is 5.32 Å². The number of hydrogen-bond donors (Lipinski definition) is 1. The highest BCUT2D eigenvalue weighted by atomic mass is 19.2. The lowest BCUT2D eigenvalue weighted by Gasteiger charge is -2.08. The van der Waals surface area contributed by atoms with Crippen molar-refractivity contribution in [3.05, 3.63) is 65.0 Å². The average Bonchev–Trinajstić information content (AvgIpc) is 2.44. The Hall–Kier alpha value is -1.97. The van der Waals surface area contributed by atoms with Crippen LogP contribution in [0.2, 0.25) is 0 Å². The summed E-state index contributed by atoms with van der Waals surface area (Å²) in [5, 5.41) is 3.05. The van der Waals surface area contributed by atoms with Gasteiger partial charge < -0.3 is 5.32 Å². The molecule has 2 rings (SSSR count). The molecule has 0 spiro atoms. The fourth-order valence-corrected chi connectivity index (χ4v) is 1.99. The van der Waals surface area contributed by atoms with Crippen molar-refractivity contribution in [3.63, 3.8) is 0 Å². The Balaban J connectivity index is 2.01. The minimum atomic E-state index is -1.43. The highest BCUT2D eigenvalue weighted by molar-refractivity contribution is 5.45. The quantitative estimate of drug-likeness (QED) is 0.784. The van der Waals surface area contributed by atoms with Gasteiger partial charge in [0.15, 0.2) is 17.5 Å². The molecule has 1 nitrogen and oxygen atoms in total. The van der Waals surface area contributed by atoms with Crippen molar-refractivity contribution in [2.75, 3.05) is 5.32 Å². The van der Waals surface area contributed by atoms with Gasteiger partial charge in [-0.25, -0.2) is 13.2 Å². The van der Waals surface area contributed by atoms with Gasteiger partial charge in [-0.3, -0.25) is 0 Å². The molecule has 0 atom stereocenters. The van der Waals surface area contributed by atoms with E-state index in [0.29, 0.717) is 5.56 Å². The molecular weight excluding hydrogens is 263 g/mol. The van der Waals surface area contributed by atoms with Crippen LogP contribution in [0, 0.1) is 17.5 Å². The molecule has 0 radical (unpaired) electrons. The van der Waals surface area contributed by atoms with Gasteiger partial charge in [-0.05, 0) is 41.8 Å². The van der Waals surface area contributed by atoms with E-state index in [1.807, 2.05) is 24.3 Å². The van der Waals surface area contributed by atoms with Crippen molar-refractivity contribution < 1.29 is 13.2 Å². The number of anilines is 1. The van der Waals surface area contributed by atoms with Crippen molar-refractivity contribution >= 4 is 5.69 Å². The molecule has 0 saturated carbocycles. The fourth-order valence-electron chi connectivity index (χ4n) is 1.99. The molecule has 0 unspecified atom stereocenters. The van der Waals surface area contributed by atoms with E-state index in [1.54, 1.807) is 0 Å². The maximum atomic E-state index is 13.1. The van der Waals surface area contributed by atoms with Crippen LogP contribution in [0.15, 0.2) is 36.4 Å². The average molecular weight is 279 g/mol. The maximum absolute atomic E-state index is 13.1. The van der Waals surface area contributed by atoms with E-state index in [9.17, 15) is 13.2 Å². The Labute approximate surface area is 116 Å². The van der Waals surface area contributed by atoms with Crippen molar-refractivity contribution in [2.24, 2.45) is 0 Å². The van der Waals surface area contributed by atoms with Gasteiger partial charge in [0, 0.05) is 12.2 Å². The van der Waals surface area contributed by atoms with Crippen LogP contribution in [-0.4, -0.2) is 0 Å². The van der Waals surface area contributed by atoms with Crippen molar-refractivity contribution in [1.29, 1.82) is 0 Å². The Morgan fingerprint density at radius 3 is 2.05 bits per heavy atom. The Bertz CT molecular complexity index is 556. The summed E-state index contributed by atoms with van der Waals surface area (Å²) < 4.78 is 38.9. The zero-order valence-electron chi connectivity index (χ0n) is 11.2. The minimum Gasteiger partial charge on any atom is -0.381 e. The fraction of sp³-hybridized carbons (Fsp3) is 0.250.